The van der Waals surface area contributed by atoms with Gasteiger partial charge in [-0.05, 0) is 44.8 Å². The van der Waals surface area contributed by atoms with E-state index in [0.29, 0.717) is 10.2 Å². The fraction of sp³-hybridized carbons (Fsp3) is 0.438. The number of nitrogens with zero attached hydrogens (tertiary/aromatic N) is 3. The van der Waals surface area contributed by atoms with Crippen LogP contribution < -0.4 is 5.32 Å². The topological polar surface area (TPSA) is 58.1 Å². The first-order valence-electron chi connectivity index (χ1n) is 7.84. The molecule has 7 heteroatoms. The minimum absolute atomic E-state index is 0.0642. The second kappa shape index (κ2) is 5.85. The summed E-state index contributed by atoms with van der Waals surface area (Å²) in [7, 11) is 0. The molecule has 4 rings (SSSR count). The van der Waals surface area contributed by atoms with Crippen LogP contribution in [0.2, 0.25) is 5.02 Å². The molecule has 2 aliphatic rings. The first-order valence-corrected chi connectivity index (χ1v) is 9.03. The van der Waals surface area contributed by atoms with Crippen LogP contribution in [0.25, 0.3) is 10.6 Å². The molecule has 5 nitrogen and oxygen atoms in total. The molecule has 23 heavy (non-hydrogen) atoms. The second-order valence-electron chi connectivity index (χ2n) is 6.07. The van der Waals surface area contributed by atoms with Gasteiger partial charge in [-0.15, -0.1) is 10.2 Å². The van der Waals surface area contributed by atoms with E-state index in [4.69, 9.17) is 11.6 Å². The van der Waals surface area contributed by atoms with Crippen LogP contribution in [0.4, 0.5) is 5.13 Å². The second-order valence-corrected chi connectivity index (χ2v) is 7.46. The smallest absolute Gasteiger partial charge is 0.246 e. The molecular weight excluding hydrogens is 332 g/mol. The van der Waals surface area contributed by atoms with E-state index in [1.165, 1.54) is 11.3 Å². The summed E-state index contributed by atoms with van der Waals surface area (Å²) >= 11 is 7.56. The highest BCUT2D eigenvalue weighted by Gasteiger charge is 2.50. The number of hydrogen-bond acceptors (Lipinski definition) is 5. The van der Waals surface area contributed by atoms with Gasteiger partial charge >= 0.3 is 0 Å². The number of aromatic nitrogens is 2. The van der Waals surface area contributed by atoms with Crippen LogP contribution in [-0.2, 0) is 4.79 Å². The van der Waals surface area contributed by atoms with E-state index >= 15 is 0 Å². The summed E-state index contributed by atoms with van der Waals surface area (Å²) < 4.78 is 0. The lowest BCUT2D eigenvalue weighted by molar-refractivity contribution is -0.125. The quantitative estimate of drug-likeness (QED) is 0.923. The van der Waals surface area contributed by atoms with Crippen molar-refractivity contribution in [3.8, 4) is 10.6 Å². The molecule has 1 amide bonds. The normalized spacial score (nSPS) is 19.7. The van der Waals surface area contributed by atoms with E-state index in [9.17, 15) is 4.79 Å². The van der Waals surface area contributed by atoms with E-state index in [-0.39, 0.29) is 11.4 Å². The molecule has 2 aromatic rings. The van der Waals surface area contributed by atoms with Crippen LogP contribution in [0.1, 0.15) is 25.7 Å². The van der Waals surface area contributed by atoms with Crippen molar-refractivity contribution >= 4 is 34.0 Å². The number of carbonyl (C=O) groups excluding carboxylic acids is 1. The monoisotopic (exact) mass is 348 g/mol. The van der Waals surface area contributed by atoms with Gasteiger partial charge in [0.2, 0.25) is 11.0 Å². The molecule has 0 saturated carbocycles. The zero-order valence-corrected chi connectivity index (χ0v) is 14.2. The van der Waals surface area contributed by atoms with E-state index in [1.54, 1.807) is 0 Å². The average molecular weight is 349 g/mol. The van der Waals surface area contributed by atoms with Crippen molar-refractivity contribution in [2.45, 2.75) is 31.2 Å². The molecule has 1 N–H and O–H groups in total. The standard InChI is InChI=1S/C16H17ClN4OS/c17-12-6-2-1-5-11(12)13-19-20-15(23-13)18-14(22)16-7-3-9-21(16)10-4-8-16/h1-2,5-6H,3-4,7-10H2,(H,18,20,22). The predicted molar refractivity (Wildman–Crippen MR) is 91.8 cm³/mol. The van der Waals surface area contributed by atoms with Crippen molar-refractivity contribution in [2.75, 3.05) is 18.4 Å². The highest BCUT2D eigenvalue weighted by atomic mass is 35.5. The van der Waals surface area contributed by atoms with Gasteiger partial charge < -0.3 is 0 Å². The molecule has 0 bridgehead atoms. The minimum Gasteiger partial charge on any atom is -0.299 e. The van der Waals surface area contributed by atoms with E-state index in [2.05, 4.69) is 20.4 Å². The Kier molecular flexibility index (Phi) is 3.83. The number of rotatable bonds is 3. The number of nitrogens with one attached hydrogen (secondary N) is 1. The molecule has 2 aliphatic heterocycles. The van der Waals surface area contributed by atoms with Crippen molar-refractivity contribution in [2.24, 2.45) is 0 Å². The fourth-order valence-electron chi connectivity index (χ4n) is 3.71. The maximum absolute atomic E-state index is 12.8. The lowest BCUT2D eigenvalue weighted by atomic mass is 9.93. The van der Waals surface area contributed by atoms with E-state index in [0.717, 1.165) is 49.3 Å². The van der Waals surface area contributed by atoms with E-state index < -0.39 is 0 Å². The molecule has 1 aromatic carbocycles. The van der Waals surface area contributed by atoms with Crippen LogP contribution in [0.5, 0.6) is 0 Å². The van der Waals surface area contributed by atoms with Gasteiger partial charge in [0.1, 0.15) is 5.54 Å². The number of benzene rings is 1. The zero-order valence-electron chi connectivity index (χ0n) is 12.6. The van der Waals surface area contributed by atoms with Gasteiger partial charge in [0, 0.05) is 5.56 Å². The van der Waals surface area contributed by atoms with Crippen LogP contribution in [0, 0.1) is 0 Å². The van der Waals surface area contributed by atoms with Gasteiger partial charge in [-0.3, -0.25) is 15.0 Å². The first kappa shape index (κ1) is 15.1. The first-order chi connectivity index (χ1) is 11.2. The molecule has 0 spiro atoms. The fourth-order valence-corrected chi connectivity index (χ4v) is 4.77. The molecular formula is C16H17ClN4OS. The maximum Gasteiger partial charge on any atom is 0.246 e. The number of halogens is 1. The Hall–Kier alpha value is -1.50. The maximum atomic E-state index is 12.8. The lowest BCUT2D eigenvalue weighted by Crippen LogP contribution is -2.48. The van der Waals surface area contributed by atoms with Crippen LogP contribution >= 0.6 is 22.9 Å². The molecule has 0 aliphatic carbocycles. The Morgan fingerprint density at radius 2 is 1.96 bits per heavy atom. The highest BCUT2D eigenvalue weighted by molar-refractivity contribution is 7.18. The van der Waals surface area contributed by atoms with Gasteiger partial charge in [-0.1, -0.05) is 41.1 Å². The lowest BCUT2D eigenvalue weighted by Gasteiger charge is -2.29. The molecule has 3 heterocycles. The van der Waals surface area contributed by atoms with Gasteiger partial charge in [0.25, 0.3) is 0 Å². The Morgan fingerprint density at radius 3 is 2.70 bits per heavy atom. The Bertz CT molecular complexity index is 737. The van der Waals surface area contributed by atoms with Crippen molar-refractivity contribution in [1.29, 1.82) is 0 Å². The number of fused-ring (bicyclic) bond motifs is 1. The third-order valence-corrected chi connectivity index (χ3v) is 6.02. The number of hydrogen-bond donors (Lipinski definition) is 1. The predicted octanol–water partition coefficient (Wildman–Crippen LogP) is 3.43. The molecule has 2 saturated heterocycles. The van der Waals surface area contributed by atoms with Crippen LogP contribution in [-0.4, -0.2) is 39.6 Å². The number of amides is 1. The Labute approximate surface area is 143 Å². The molecule has 0 unspecified atom stereocenters. The van der Waals surface area contributed by atoms with Crippen LogP contribution in [0.15, 0.2) is 24.3 Å². The van der Waals surface area contributed by atoms with Crippen molar-refractivity contribution in [1.82, 2.24) is 15.1 Å². The molecule has 120 valence electrons. The van der Waals surface area contributed by atoms with Crippen LogP contribution in [0.3, 0.4) is 0 Å². The molecule has 0 radical (unpaired) electrons. The molecule has 0 atom stereocenters. The Balaban J connectivity index is 1.54. The van der Waals surface area contributed by atoms with Crippen molar-refractivity contribution in [3.63, 3.8) is 0 Å². The number of carbonyl (C=O) groups is 1. The van der Waals surface area contributed by atoms with Gasteiger partial charge in [-0.25, -0.2) is 0 Å². The zero-order chi connectivity index (χ0) is 15.9. The highest BCUT2D eigenvalue weighted by Crippen LogP contribution is 2.40. The number of anilines is 1. The Morgan fingerprint density at radius 1 is 1.22 bits per heavy atom. The third-order valence-electron chi connectivity index (χ3n) is 4.81. The minimum atomic E-state index is -0.323. The van der Waals surface area contributed by atoms with E-state index in [1.807, 2.05) is 24.3 Å². The molecule has 1 aromatic heterocycles. The summed E-state index contributed by atoms with van der Waals surface area (Å²) in [5, 5.41) is 13.2. The van der Waals surface area contributed by atoms with Gasteiger partial charge in [-0.2, -0.15) is 0 Å². The van der Waals surface area contributed by atoms with Crippen molar-refractivity contribution in [3.05, 3.63) is 29.3 Å². The average Bonchev–Trinajstić information content (AvgIpc) is 3.22. The summed E-state index contributed by atoms with van der Waals surface area (Å²) in [4.78, 5) is 15.1. The third kappa shape index (κ3) is 2.55. The summed E-state index contributed by atoms with van der Waals surface area (Å²) in [5.41, 5.74) is 0.518. The summed E-state index contributed by atoms with van der Waals surface area (Å²) in [5.74, 6) is 0.0642. The molecule has 2 fully saturated rings. The van der Waals surface area contributed by atoms with Crippen molar-refractivity contribution < 1.29 is 4.79 Å². The summed E-state index contributed by atoms with van der Waals surface area (Å²) in [6, 6.07) is 7.52. The summed E-state index contributed by atoms with van der Waals surface area (Å²) in [6.45, 7) is 2.04. The SMILES string of the molecule is O=C(Nc1nnc(-c2ccccc2Cl)s1)C12CCCN1CCC2. The van der Waals surface area contributed by atoms with Gasteiger partial charge in [0.15, 0.2) is 5.01 Å². The summed E-state index contributed by atoms with van der Waals surface area (Å²) in [6.07, 6.45) is 4.06. The van der Waals surface area contributed by atoms with Gasteiger partial charge in [0.05, 0.1) is 5.02 Å². The largest absolute Gasteiger partial charge is 0.299 e.